The van der Waals surface area contributed by atoms with E-state index in [1.165, 1.54) is 4.90 Å². The number of hydrogen-bond acceptors (Lipinski definition) is 4. The summed E-state index contributed by atoms with van der Waals surface area (Å²) in [5, 5.41) is 2.94. The van der Waals surface area contributed by atoms with Crippen molar-refractivity contribution in [2.45, 2.75) is 56.9 Å². The molecule has 2 amide bonds. The maximum Gasteiger partial charge on any atom is 0.317 e. The fourth-order valence-electron chi connectivity index (χ4n) is 3.24. The van der Waals surface area contributed by atoms with Crippen LogP contribution in [0.15, 0.2) is 17.0 Å². The summed E-state index contributed by atoms with van der Waals surface area (Å²) in [6.07, 6.45) is 3.47. The van der Waals surface area contributed by atoms with Gasteiger partial charge in [0.25, 0.3) is 0 Å². The van der Waals surface area contributed by atoms with Crippen LogP contribution in [0.1, 0.15) is 37.8 Å². The molecule has 0 atom stereocenters. The van der Waals surface area contributed by atoms with Gasteiger partial charge in [0, 0.05) is 42.4 Å². The smallest absolute Gasteiger partial charge is 0.317 e. The van der Waals surface area contributed by atoms with E-state index in [1.807, 2.05) is 18.7 Å². The molecule has 1 aromatic rings. The lowest BCUT2D eigenvalue weighted by Crippen LogP contribution is -2.55. The predicted octanol–water partition coefficient (Wildman–Crippen LogP) is 3.54. The maximum absolute atomic E-state index is 12.1. The van der Waals surface area contributed by atoms with E-state index in [0.717, 1.165) is 16.9 Å². The molecule has 132 valence electrons. The van der Waals surface area contributed by atoms with Crippen LogP contribution in [-0.2, 0) is 11.3 Å². The van der Waals surface area contributed by atoms with E-state index in [0.29, 0.717) is 32.5 Å². The van der Waals surface area contributed by atoms with Gasteiger partial charge in [-0.25, -0.2) is 4.79 Å². The minimum atomic E-state index is -0.590. The van der Waals surface area contributed by atoms with Gasteiger partial charge in [-0.1, -0.05) is 0 Å². The molecule has 2 heterocycles. The van der Waals surface area contributed by atoms with E-state index in [-0.39, 0.29) is 12.1 Å². The van der Waals surface area contributed by atoms with Crippen molar-refractivity contribution >= 4 is 17.8 Å². The number of rotatable bonds is 2. The lowest BCUT2D eigenvalue weighted by Gasteiger charge is -2.44. The summed E-state index contributed by atoms with van der Waals surface area (Å²) in [5.41, 5.74) is 2.27. The van der Waals surface area contributed by atoms with Crippen LogP contribution in [0.25, 0.3) is 0 Å². The van der Waals surface area contributed by atoms with Gasteiger partial charge >= 0.3 is 6.03 Å². The molecule has 0 radical (unpaired) electrons. The Labute approximate surface area is 148 Å². The van der Waals surface area contributed by atoms with Crippen molar-refractivity contribution in [3.63, 3.8) is 0 Å². The Hall–Kier alpha value is -1.40. The van der Waals surface area contributed by atoms with Crippen molar-refractivity contribution < 1.29 is 14.3 Å². The number of benzene rings is 1. The molecule has 0 aliphatic carbocycles. The average molecular weight is 350 g/mol. The quantitative estimate of drug-likeness (QED) is 0.829. The SMILES string of the molecule is CSc1cc(C)c2c(c1)COC1(CCN(C(=O)NC(C)C)CC1)O2. The summed E-state index contributed by atoms with van der Waals surface area (Å²) in [6, 6.07) is 4.45. The van der Waals surface area contributed by atoms with Gasteiger partial charge in [-0.05, 0) is 44.7 Å². The number of aryl methyl sites for hydroxylation is 1. The fraction of sp³-hybridized carbons (Fsp3) is 0.611. The highest BCUT2D eigenvalue weighted by Crippen LogP contribution is 2.40. The Morgan fingerprint density at radius 1 is 1.33 bits per heavy atom. The molecule has 0 saturated carbocycles. The van der Waals surface area contributed by atoms with Crippen LogP contribution in [0, 0.1) is 6.92 Å². The van der Waals surface area contributed by atoms with Gasteiger partial charge in [0.05, 0.1) is 6.61 Å². The van der Waals surface area contributed by atoms with Crippen molar-refractivity contribution in [1.29, 1.82) is 0 Å². The van der Waals surface area contributed by atoms with Crippen molar-refractivity contribution in [3.8, 4) is 5.75 Å². The van der Waals surface area contributed by atoms with E-state index in [9.17, 15) is 4.79 Å². The number of carbonyl (C=O) groups is 1. The molecule has 0 aromatic heterocycles. The highest BCUT2D eigenvalue weighted by molar-refractivity contribution is 7.98. The molecule has 2 aliphatic heterocycles. The fourth-order valence-corrected chi connectivity index (χ4v) is 3.80. The van der Waals surface area contributed by atoms with E-state index in [4.69, 9.17) is 9.47 Å². The van der Waals surface area contributed by atoms with Crippen LogP contribution in [0.3, 0.4) is 0 Å². The zero-order valence-electron chi connectivity index (χ0n) is 14.8. The summed E-state index contributed by atoms with van der Waals surface area (Å²) < 4.78 is 12.4. The molecule has 6 heteroatoms. The summed E-state index contributed by atoms with van der Waals surface area (Å²) in [6.45, 7) is 7.90. The van der Waals surface area contributed by atoms with E-state index < -0.39 is 5.79 Å². The molecule has 1 saturated heterocycles. The third-order valence-corrected chi connectivity index (χ3v) is 5.27. The highest BCUT2D eigenvalue weighted by Gasteiger charge is 2.42. The molecular formula is C18H26N2O3S. The van der Waals surface area contributed by atoms with Crippen LogP contribution < -0.4 is 10.1 Å². The van der Waals surface area contributed by atoms with Crippen molar-refractivity contribution in [2.24, 2.45) is 0 Å². The number of piperidine rings is 1. The maximum atomic E-state index is 12.1. The van der Waals surface area contributed by atoms with Gasteiger partial charge in [-0.15, -0.1) is 11.8 Å². The lowest BCUT2D eigenvalue weighted by atomic mass is 10.0. The lowest BCUT2D eigenvalue weighted by molar-refractivity contribution is -0.225. The van der Waals surface area contributed by atoms with Gasteiger partial charge in [0.2, 0.25) is 5.79 Å². The Morgan fingerprint density at radius 2 is 2.04 bits per heavy atom. The number of hydrogen-bond donors (Lipinski definition) is 1. The van der Waals surface area contributed by atoms with Crippen LogP contribution in [0.4, 0.5) is 4.79 Å². The molecule has 5 nitrogen and oxygen atoms in total. The van der Waals surface area contributed by atoms with Gasteiger partial charge in [-0.3, -0.25) is 0 Å². The van der Waals surface area contributed by atoms with Gasteiger partial charge < -0.3 is 19.7 Å². The van der Waals surface area contributed by atoms with Crippen LogP contribution in [0.5, 0.6) is 5.75 Å². The number of amides is 2. The number of likely N-dealkylation sites (tertiary alicyclic amines) is 1. The standard InChI is InChI=1S/C18H26N2O3S/c1-12(2)19-17(21)20-7-5-18(6-8-20)22-11-14-10-15(24-4)9-13(3)16(14)23-18/h9-10,12H,5-8,11H2,1-4H3,(H,19,21). The topological polar surface area (TPSA) is 50.8 Å². The molecule has 1 N–H and O–H groups in total. The second-order valence-electron chi connectivity index (χ2n) is 6.83. The van der Waals surface area contributed by atoms with Crippen LogP contribution in [-0.4, -0.2) is 42.1 Å². The first-order chi connectivity index (χ1) is 11.4. The second kappa shape index (κ2) is 6.84. The van der Waals surface area contributed by atoms with Gasteiger partial charge in [-0.2, -0.15) is 0 Å². The summed E-state index contributed by atoms with van der Waals surface area (Å²) in [4.78, 5) is 15.2. The summed E-state index contributed by atoms with van der Waals surface area (Å²) in [7, 11) is 0. The molecule has 0 unspecified atom stereocenters. The number of carbonyl (C=O) groups excluding carboxylic acids is 1. The van der Waals surface area contributed by atoms with Crippen LogP contribution in [0.2, 0.25) is 0 Å². The minimum absolute atomic E-state index is 0.00291. The molecular weight excluding hydrogens is 324 g/mol. The number of ether oxygens (including phenoxy) is 2. The number of thioether (sulfide) groups is 1. The number of fused-ring (bicyclic) bond motifs is 1. The van der Waals surface area contributed by atoms with Crippen molar-refractivity contribution in [2.75, 3.05) is 19.3 Å². The first kappa shape index (κ1) is 17.4. The average Bonchev–Trinajstić information content (AvgIpc) is 2.55. The third kappa shape index (κ3) is 3.49. The minimum Gasteiger partial charge on any atom is -0.462 e. The van der Waals surface area contributed by atoms with Crippen molar-refractivity contribution in [3.05, 3.63) is 23.3 Å². The molecule has 1 spiro atoms. The monoisotopic (exact) mass is 350 g/mol. The van der Waals surface area contributed by atoms with Gasteiger partial charge in [0.1, 0.15) is 5.75 Å². The Balaban J connectivity index is 1.69. The summed E-state index contributed by atoms with van der Waals surface area (Å²) >= 11 is 1.73. The predicted molar refractivity (Wildman–Crippen MR) is 95.6 cm³/mol. The second-order valence-corrected chi connectivity index (χ2v) is 7.70. The molecule has 0 bridgehead atoms. The number of nitrogens with zero attached hydrogens (tertiary/aromatic N) is 1. The zero-order valence-corrected chi connectivity index (χ0v) is 15.7. The Morgan fingerprint density at radius 3 is 2.67 bits per heavy atom. The number of nitrogens with one attached hydrogen (secondary N) is 1. The zero-order chi connectivity index (χ0) is 17.3. The first-order valence-corrected chi connectivity index (χ1v) is 9.71. The van der Waals surface area contributed by atoms with E-state index >= 15 is 0 Å². The number of urea groups is 1. The first-order valence-electron chi connectivity index (χ1n) is 8.48. The van der Waals surface area contributed by atoms with Crippen LogP contribution >= 0.6 is 11.8 Å². The third-order valence-electron chi connectivity index (χ3n) is 4.56. The van der Waals surface area contributed by atoms with Gasteiger partial charge in [0.15, 0.2) is 0 Å². The van der Waals surface area contributed by atoms with E-state index in [1.54, 1.807) is 11.8 Å². The van der Waals surface area contributed by atoms with Crippen molar-refractivity contribution in [1.82, 2.24) is 10.2 Å². The molecule has 1 fully saturated rings. The summed E-state index contributed by atoms with van der Waals surface area (Å²) in [5.74, 6) is 0.367. The Bertz CT molecular complexity index is 625. The molecule has 2 aliphatic rings. The largest absolute Gasteiger partial charge is 0.462 e. The highest BCUT2D eigenvalue weighted by atomic mass is 32.2. The molecule has 1 aromatic carbocycles. The molecule has 3 rings (SSSR count). The van der Waals surface area contributed by atoms with E-state index in [2.05, 4.69) is 30.6 Å². The normalized spacial score (nSPS) is 19.1. The molecule has 24 heavy (non-hydrogen) atoms. The Kier molecular flexibility index (Phi) is 4.97.